The Morgan fingerprint density at radius 3 is 2.77 bits per heavy atom. The highest BCUT2D eigenvalue weighted by Crippen LogP contribution is 2.40. The van der Waals surface area contributed by atoms with E-state index in [2.05, 4.69) is 9.78 Å². The first kappa shape index (κ1) is 18.0. The molecule has 1 aromatic rings. The number of nitrogens with zero attached hydrogens (tertiary/aromatic N) is 3. The highest BCUT2D eigenvalue weighted by Gasteiger charge is 2.48. The first-order chi connectivity index (χ1) is 12.6. The van der Waals surface area contributed by atoms with Crippen molar-refractivity contribution in [3.63, 3.8) is 0 Å². The topological polar surface area (TPSA) is 47.4 Å². The van der Waals surface area contributed by atoms with Crippen LogP contribution in [0.1, 0.15) is 69.0 Å². The van der Waals surface area contributed by atoms with Crippen LogP contribution in [0.4, 0.5) is 4.39 Å². The van der Waals surface area contributed by atoms with Gasteiger partial charge in [-0.2, -0.15) is 5.10 Å². The Labute approximate surface area is 154 Å². The molecule has 1 amide bonds. The quantitative estimate of drug-likeness (QED) is 0.778. The van der Waals surface area contributed by atoms with Crippen LogP contribution < -0.4 is 0 Å². The van der Waals surface area contributed by atoms with Crippen LogP contribution in [0.15, 0.2) is 6.20 Å². The standard InChI is InChI=1S/C20H30FN3O2/c1-2-26-14-17-13-23(19(25)20(21)8-5-9-20)12-16-10-22-24(18(16)17)11-15-6-3-4-7-15/h10,15,17H,2-9,11-14H2,1H3/t17-/m0/s1. The van der Waals surface area contributed by atoms with E-state index < -0.39 is 5.67 Å². The lowest BCUT2D eigenvalue weighted by atomic mass is 9.80. The Hall–Kier alpha value is -1.43. The number of carbonyl (C=O) groups excluding carboxylic acids is 1. The zero-order chi connectivity index (χ0) is 18.1. The van der Waals surface area contributed by atoms with Crippen LogP contribution in [0.2, 0.25) is 0 Å². The number of alkyl halides is 1. The lowest BCUT2D eigenvalue weighted by molar-refractivity contribution is -0.151. The van der Waals surface area contributed by atoms with Crippen LogP contribution in [0.25, 0.3) is 0 Å². The minimum Gasteiger partial charge on any atom is -0.381 e. The van der Waals surface area contributed by atoms with Gasteiger partial charge >= 0.3 is 0 Å². The highest BCUT2D eigenvalue weighted by molar-refractivity contribution is 5.86. The summed E-state index contributed by atoms with van der Waals surface area (Å²) in [4.78, 5) is 14.4. The molecule has 2 fully saturated rings. The van der Waals surface area contributed by atoms with Gasteiger partial charge in [0, 0.05) is 37.7 Å². The Morgan fingerprint density at radius 2 is 2.12 bits per heavy atom. The smallest absolute Gasteiger partial charge is 0.260 e. The molecule has 144 valence electrons. The van der Waals surface area contributed by atoms with Crippen molar-refractivity contribution in [2.45, 2.75) is 76.5 Å². The van der Waals surface area contributed by atoms with E-state index in [0.717, 1.165) is 18.5 Å². The molecule has 1 aromatic heterocycles. The molecule has 0 N–H and O–H groups in total. The molecule has 0 unspecified atom stereocenters. The van der Waals surface area contributed by atoms with Crippen LogP contribution in [0, 0.1) is 5.92 Å². The minimum absolute atomic E-state index is 0.0789. The van der Waals surface area contributed by atoms with Crippen molar-refractivity contribution in [3.8, 4) is 0 Å². The second-order valence-corrected chi connectivity index (χ2v) is 8.25. The van der Waals surface area contributed by atoms with E-state index in [-0.39, 0.29) is 11.8 Å². The summed E-state index contributed by atoms with van der Waals surface area (Å²) in [7, 11) is 0. The van der Waals surface area contributed by atoms with Crippen LogP contribution in [-0.2, 0) is 22.6 Å². The van der Waals surface area contributed by atoms with Crippen LogP contribution in [0.5, 0.6) is 0 Å². The van der Waals surface area contributed by atoms with Gasteiger partial charge < -0.3 is 9.64 Å². The molecule has 1 atom stereocenters. The molecule has 0 spiro atoms. The molecular formula is C20H30FN3O2. The molecule has 4 rings (SSSR count). The van der Waals surface area contributed by atoms with E-state index in [4.69, 9.17) is 4.74 Å². The fourth-order valence-electron chi connectivity index (χ4n) is 4.76. The number of fused-ring (bicyclic) bond motifs is 1. The fraction of sp³-hybridized carbons (Fsp3) is 0.800. The molecule has 1 aliphatic heterocycles. The predicted molar refractivity (Wildman–Crippen MR) is 96.5 cm³/mol. The molecule has 6 heteroatoms. The maximum atomic E-state index is 14.7. The summed E-state index contributed by atoms with van der Waals surface area (Å²) in [6, 6.07) is 0. The molecular weight excluding hydrogens is 333 g/mol. The van der Waals surface area contributed by atoms with E-state index in [0.29, 0.717) is 45.1 Å². The first-order valence-electron chi connectivity index (χ1n) is 10.2. The Bertz CT molecular complexity index is 649. The molecule has 0 bridgehead atoms. The SMILES string of the molecule is CCOC[C@@H]1CN(C(=O)C2(F)CCC2)Cc2cnn(CC3CCCC3)c21. The van der Waals surface area contributed by atoms with Crippen molar-refractivity contribution in [3.05, 3.63) is 17.5 Å². The van der Waals surface area contributed by atoms with Crippen molar-refractivity contribution in [1.82, 2.24) is 14.7 Å². The summed E-state index contributed by atoms with van der Waals surface area (Å²) in [6.45, 7) is 5.15. The van der Waals surface area contributed by atoms with Gasteiger partial charge in [-0.05, 0) is 44.9 Å². The summed E-state index contributed by atoms with van der Waals surface area (Å²) in [5.74, 6) is 0.449. The number of hydrogen-bond acceptors (Lipinski definition) is 3. The van der Waals surface area contributed by atoms with Crippen molar-refractivity contribution in [2.75, 3.05) is 19.8 Å². The molecule has 0 radical (unpaired) electrons. The monoisotopic (exact) mass is 363 g/mol. The van der Waals surface area contributed by atoms with E-state index in [1.165, 1.54) is 31.4 Å². The molecule has 26 heavy (non-hydrogen) atoms. The third kappa shape index (κ3) is 3.28. The molecule has 2 heterocycles. The Kier molecular flexibility index (Phi) is 5.04. The second kappa shape index (κ2) is 7.29. The van der Waals surface area contributed by atoms with Gasteiger partial charge in [-0.3, -0.25) is 9.48 Å². The average Bonchev–Trinajstić information content (AvgIpc) is 3.27. The number of amides is 1. The summed E-state index contributed by atoms with van der Waals surface area (Å²) >= 11 is 0. The van der Waals surface area contributed by atoms with Gasteiger partial charge in [-0.25, -0.2) is 4.39 Å². The van der Waals surface area contributed by atoms with Crippen LogP contribution in [0.3, 0.4) is 0 Å². The van der Waals surface area contributed by atoms with Gasteiger partial charge in [0.15, 0.2) is 5.67 Å². The van der Waals surface area contributed by atoms with Gasteiger partial charge in [-0.15, -0.1) is 0 Å². The predicted octanol–water partition coefficient (Wildman–Crippen LogP) is 3.43. The Balaban J connectivity index is 1.55. The van der Waals surface area contributed by atoms with Crippen molar-refractivity contribution >= 4 is 5.91 Å². The average molecular weight is 363 g/mol. The van der Waals surface area contributed by atoms with Gasteiger partial charge in [-0.1, -0.05) is 12.8 Å². The van der Waals surface area contributed by atoms with Crippen molar-refractivity contribution in [1.29, 1.82) is 0 Å². The zero-order valence-electron chi connectivity index (χ0n) is 15.8. The van der Waals surface area contributed by atoms with Gasteiger partial charge in [0.2, 0.25) is 0 Å². The zero-order valence-corrected chi connectivity index (χ0v) is 15.8. The second-order valence-electron chi connectivity index (χ2n) is 8.25. The molecule has 0 aromatic carbocycles. The normalized spacial score (nSPS) is 25.2. The van der Waals surface area contributed by atoms with Gasteiger partial charge in [0.1, 0.15) is 0 Å². The van der Waals surface area contributed by atoms with E-state index in [9.17, 15) is 9.18 Å². The maximum absolute atomic E-state index is 14.7. The third-order valence-corrected chi connectivity index (χ3v) is 6.39. The summed E-state index contributed by atoms with van der Waals surface area (Å²) in [5.41, 5.74) is 0.638. The van der Waals surface area contributed by atoms with E-state index >= 15 is 0 Å². The van der Waals surface area contributed by atoms with E-state index in [1.54, 1.807) is 4.90 Å². The van der Waals surface area contributed by atoms with Crippen molar-refractivity contribution < 1.29 is 13.9 Å². The molecule has 5 nitrogen and oxygen atoms in total. The lowest BCUT2D eigenvalue weighted by Crippen LogP contribution is -2.52. The van der Waals surface area contributed by atoms with Gasteiger partial charge in [0.05, 0.1) is 18.5 Å². The number of carbonyl (C=O) groups is 1. The Morgan fingerprint density at radius 1 is 1.35 bits per heavy atom. The van der Waals surface area contributed by atoms with Crippen molar-refractivity contribution in [2.24, 2.45) is 5.92 Å². The minimum atomic E-state index is -1.63. The summed E-state index contributed by atoms with van der Waals surface area (Å²) in [6.07, 6.45) is 8.62. The lowest BCUT2D eigenvalue weighted by Gasteiger charge is -2.40. The number of ether oxygens (including phenoxy) is 1. The van der Waals surface area contributed by atoms with Crippen LogP contribution in [-0.4, -0.2) is 46.0 Å². The number of aromatic nitrogens is 2. The van der Waals surface area contributed by atoms with E-state index in [1.807, 2.05) is 13.1 Å². The molecule has 3 aliphatic rings. The number of rotatable bonds is 6. The maximum Gasteiger partial charge on any atom is 0.260 e. The molecule has 2 aliphatic carbocycles. The first-order valence-corrected chi connectivity index (χ1v) is 10.2. The highest BCUT2D eigenvalue weighted by atomic mass is 19.1. The van der Waals surface area contributed by atoms with Gasteiger partial charge in [0.25, 0.3) is 5.91 Å². The summed E-state index contributed by atoms with van der Waals surface area (Å²) in [5, 5.41) is 4.64. The fourth-order valence-corrected chi connectivity index (χ4v) is 4.76. The number of halogens is 1. The summed E-state index contributed by atoms with van der Waals surface area (Å²) < 4.78 is 22.5. The number of hydrogen-bond donors (Lipinski definition) is 0. The van der Waals surface area contributed by atoms with Crippen LogP contribution >= 0.6 is 0 Å². The third-order valence-electron chi connectivity index (χ3n) is 6.39. The largest absolute Gasteiger partial charge is 0.381 e. The molecule has 2 saturated carbocycles. The molecule has 0 saturated heterocycles.